The summed E-state index contributed by atoms with van der Waals surface area (Å²) in [6, 6.07) is 16.4. The van der Waals surface area contributed by atoms with Crippen LogP contribution in [0.4, 0.5) is 5.82 Å². The van der Waals surface area contributed by atoms with Crippen molar-refractivity contribution in [2.75, 3.05) is 5.32 Å². The number of aromatic nitrogens is 4. The van der Waals surface area contributed by atoms with Crippen molar-refractivity contribution in [1.82, 2.24) is 19.6 Å². The molecular weight excluding hydrogens is 437 g/mol. The van der Waals surface area contributed by atoms with E-state index in [9.17, 15) is 4.79 Å². The van der Waals surface area contributed by atoms with Gasteiger partial charge in [-0.2, -0.15) is 10.2 Å². The minimum absolute atomic E-state index is 0.130. The third-order valence-electron chi connectivity index (χ3n) is 4.43. The minimum Gasteiger partial charge on any atom is -0.470 e. The van der Waals surface area contributed by atoms with Crippen molar-refractivity contribution in [3.05, 3.63) is 93.9 Å². The number of amides is 1. The number of nitrogens with zero attached hydrogens (tertiary/aromatic N) is 4. The molecule has 1 amide bonds. The highest BCUT2D eigenvalue weighted by atomic mass is 35.5. The lowest BCUT2D eigenvalue weighted by Gasteiger charge is -2.08. The molecule has 0 aliphatic rings. The van der Waals surface area contributed by atoms with Gasteiger partial charge in [0.25, 0.3) is 5.91 Å². The van der Waals surface area contributed by atoms with E-state index in [1.54, 1.807) is 35.3 Å². The molecule has 0 atom stereocenters. The van der Waals surface area contributed by atoms with E-state index in [1.165, 1.54) is 4.68 Å². The molecule has 4 rings (SSSR count). The molecule has 0 unspecified atom stereocenters. The molecule has 2 aromatic heterocycles. The van der Waals surface area contributed by atoms with E-state index in [0.717, 1.165) is 11.1 Å². The first kappa shape index (κ1) is 21.0. The molecule has 31 heavy (non-hydrogen) atoms. The maximum absolute atomic E-state index is 12.5. The lowest BCUT2D eigenvalue weighted by molar-refractivity contribution is 0.101. The van der Waals surface area contributed by atoms with Gasteiger partial charge >= 0.3 is 0 Å². The predicted octanol–water partition coefficient (Wildman–Crippen LogP) is 5.03. The molecule has 0 radical (unpaired) electrons. The molecule has 7 nitrogen and oxygen atoms in total. The largest absolute Gasteiger partial charge is 0.470 e. The molecule has 0 saturated heterocycles. The van der Waals surface area contributed by atoms with E-state index < -0.39 is 0 Å². The summed E-state index contributed by atoms with van der Waals surface area (Å²) in [4.78, 5) is 12.5. The molecule has 158 valence electrons. The van der Waals surface area contributed by atoms with Gasteiger partial charge in [0.05, 0.1) is 11.6 Å². The Morgan fingerprint density at radius 2 is 1.87 bits per heavy atom. The van der Waals surface area contributed by atoms with Crippen molar-refractivity contribution in [3.8, 4) is 5.75 Å². The van der Waals surface area contributed by atoms with Crippen molar-refractivity contribution < 1.29 is 9.53 Å². The zero-order valence-electron chi connectivity index (χ0n) is 16.6. The number of carbonyl (C=O) groups is 1. The van der Waals surface area contributed by atoms with Gasteiger partial charge in [0.2, 0.25) is 0 Å². The summed E-state index contributed by atoms with van der Waals surface area (Å²) in [5.41, 5.74) is 2.30. The summed E-state index contributed by atoms with van der Waals surface area (Å²) < 4.78 is 8.94. The normalized spacial score (nSPS) is 10.8. The maximum Gasteiger partial charge on any atom is 0.277 e. The molecule has 0 bridgehead atoms. The number of benzene rings is 2. The van der Waals surface area contributed by atoms with E-state index in [1.807, 2.05) is 43.3 Å². The minimum atomic E-state index is -0.361. The van der Waals surface area contributed by atoms with Gasteiger partial charge in [-0.05, 0) is 48.4 Å². The van der Waals surface area contributed by atoms with Crippen molar-refractivity contribution in [3.63, 3.8) is 0 Å². The average molecular weight is 456 g/mol. The number of hydrogen-bond acceptors (Lipinski definition) is 4. The van der Waals surface area contributed by atoms with Crippen LogP contribution in [0.25, 0.3) is 0 Å². The molecule has 0 fully saturated rings. The SMILES string of the molecule is Cc1ccc(Cl)c(OCn2ccc(C(=O)Nc3ccn(Cc4cccc(Cl)c4)n3)n2)c1. The summed E-state index contributed by atoms with van der Waals surface area (Å²) in [6.07, 6.45) is 3.45. The number of carbonyl (C=O) groups excluding carboxylic acids is 1. The fourth-order valence-corrected chi connectivity index (χ4v) is 3.32. The van der Waals surface area contributed by atoms with Crippen LogP contribution in [0.1, 0.15) is 21.6 Å². The molecule has 2 heterocycles. The van der Waals surface area contributed by atoms with Crippen molar-refractivity contribution in [2.24, 2.45) is 0 Å². The fourth-order valence-electron chi connectivity index (χ4n) is 2.93. The molecule has 4 aromatic rings. The van der Waals surface area contributed by atoms with E-state index in [4.69, 9.17) is 27.9 Å². The number of nitrogens with one attached hydrogen (secondary N) is 1. The second kappa shape index (κ2) is 9.24. The van der Waals surface area contributed by atoms with Gasteiger partial charge in [-0.15, -0.1) is 0 Å². The van der Waals surface area contributed by atoms with Crippen LogP contribution in [0.2, 0.25) is 10.0 Å². The van der Waals surface area contributed by atoms with Crippen LogP contribution in [-0.4, -0.2) is 25.5 Å². The molecule has 2 aromatic carbocycles. The van der Waals surface area contributed by atoms with Gasteiger partial charge < -0.3 is 10.1 Å². The Hall–Kier alpha value is -3.29. The lowest BCUT2D eigenvalue weighted by Crippen LogP contribution is -2.15. The highest BCUT2D eigenvalue weighted by Gasteiger charge is 2.12. The summed E-state index contributed by atoms with van der Waals surface area (Å²) in [5.74, 6) is 0.637. The quantitative estimate of drug-likeness (QED) is 0.423. The van der Waals surface area contributed by atoms with Gasteiger partial charge in [0.1, 0.15) is 5.75 Å². The first-order chi connectivity index (χ1) is 15.0. The molecule has 0 aliphatic carbocycles. The second-order valence-corrected chi connectivity index (χ2v) is 7.77. The van der Waals surface area contributed by atoms with Gasteiger partial charge in [0.15, 0.2) is 18.2 Å². The van der Waals surface area contributed by atoms with Gasteiger partial charge in [-0.3, -0.25) is 9.48 Å². The Morgan fingerprint density at radius 3 is 2.71 bits per heavy atom. The van der Waals surface area contributed by atoms with Crippen molar-refractivity contribution >= 4 is 34.9 Å². The Labute approximate surface area is 189 Å². The number of hydrogen-bond donors (Lipinski definition) is 1. The standard InChI is InChI=1S/C22H19Cl2N5O2/c1-15-5-6-18(24)20(11-15)31-14-29-9-7-19(26-29)22(30)25-21-8-10-28(27-21)13-16-3-2-4-17(23)12-16/h2-12H,13-14H2,1H3,(H,25,27,30). The zero-order valence-corrected chi connectivity index (χ0v) is 18.1. The number of ether oxygens (including phenoxy) is 1. The monoisotopic (exact) mass is 455 g/mol. The average Bonchev–Trinajstić information content (AvgIpc) is 3.38. The molecule has 1 N–H and O–H groups in total. The molecular formula is C22H19Cl2N5O2. The lowest BCUT2D eigenvalue weighted by atomic mass is 10.2. The molecule has 0 saturated carbocycles. The Balaban J connectivity index is 1.35. The fraction of sp³-hybridized carbons (Fsp3) is 0.136. The summed E-state index contributed by atoms with van der Waals surface area (Å²) in [7, 11) is 0. The van der Waals surface area contributed by atoms with Gasteiger partial charge in [-0.25, -0.2) is 4.68 Å². The maximum atomic E-state index is 12.5. The van der Waals surface area contributed by atoms with E-state index in [0.29, 0.717) is 28.2 Å². The second-order valence-electron chi connectivity index (χ2n) is 6.93. The Morgan fingerprint density at radius 1 is 1.03 bits per heavy atom. The summed E-state index contributed by atoms with van der Waals surface area (Å²) in [6.45, 7) is 2.63. The summed E-state index contributed by atoms with van der Waals surface area (Å²) in [5, 5.41) is 12.5. The van der Waals surface area contributed by atoms with Crippen molar-refractivity contribution in [2.45, 2.75) is 20.2 Å². The number of rotatable bonds is 7. The highest BCUT2D eigenvalue weighted by Crippen LogP contribution is 2.25. The number of anilines is 1. The molecule has 9 heteroatoms. The predicted molar refractivity (Wildman–Crippen MR) is 120 cm³/mol. The summed E-state index contributed by atoms with van der Waals surface area (Å²) >= 11 is 12.2. The molecule has 0 aliphatic heterocycles. The van der Waals surface area contributed by atoms with Crippen LogP contribution in [0, 0.1) is 6.92 Å². The third-order valence-corrected chi connectivity index (χ3v) is 4.98. The van der Waals surface area contributed by atoms with Crippen LogP contribution in [0.5, 0.6) is 5.75 Å². The van der Waals surface area contributed by atoms with E-state index in [2.05, 4.69) is 15.5 Å². The van der Waals surface area contributed by atoms with Crippen LogP contribution in [-0.2, 0) is 13.3 Å². The smallest absolute Gasteiger partial charge is 0.277 e. The Bertz CT molecular complexity index is 1220. The van der Waals surface area contributed by atoms with Crippen LogP contribution >= 0.6 is 23.2 Å². The van der Waals surface area contributed by atoms with Crippen LogP contribution in [0.15, 0.2) is 67.0 Å². The van der Waals surface area contributed by atoms with Gasteiger partial charge in [0, 0.05) is 23.5 Å². The zero-order chi connectivity index (χ0) is 21.8. The third kappa shape index (κ3) is 5.45. The topological polar surface area (TPSA) is 74.0 Å². The van der Waals surface area contributed by atoms with E-state index in [-0.39, 0.29) is 18.3 Å². The number of halogens is 2. The number of aryl methyl sites for hydroxylation is 1. The van der Waals surface area contributed by atoms with Gasteiger partial charge in [-0.1, -0.05) is 41.4 Å². The van der Waals surface area contributed by atoms with Crippen LogP contribution < -0.4 is 10.1 Å². The molecule has 0 spiro atoms. The van der Waals surface area contributed by atoms with E-state index >= 15 is 0 Å². The Kier molecular flexibility index (Phi) is 6.25. The highest BCUT2D eigenvalue weighted by molar-refractivity contribution is 6.32. The first-order valence-electron chi connectivity index (χ1n) is 9.48. The van der Waals surface area contributed by atoms with Crippen molar-refractivity contribution in [1.29, 1.82) is 0 Å². The first-order valence-corrected chi connectivity index (χ1v) is 10.2. The van der Waals surface area contributed by atoms with Crippen LogP contribution in [0.3, 0.4) is 0 Å².